The van der Waals surface area contributed by atoms with Crippen LogP contribution >= 0.6 is 11.8 Å². The van der Waals surface area contributed by atoms with Gasteiger partial charge in [0, 0.05) is 29.5 Å². The lowest BCUT2D eigenvalue weighted by atomic mass is 10.1. The summed E-state index contributed by atoms with van der Waals surface area (Å²) in [5.74, 6) is -0.455. The number of halogens is 2. The van der Waals surface area contributed by atoms with Gasteiger partial charge in [-0.25, -0.2) is 8.78 Å². The number of aromatic nitrogens is 3. The maximum atomic E-state index is 13.8. The molecule has 3 aromatic rings. The topological polar surface area (TPSA) is 50.9 Å². The van der Waals surface area contributed by atoms with Gasteiger partial charge in [-0.3, -0.25) is 0 Å². The molecule has 3 rings (SSSR count). The van der Waals surface area contributed by atoms with E-state index >= 15 is 0 Å². The monoisotopic (exact) mass is 389 g/mol. The minimum absolute atomic E-state index is 0.0735. The molecule has 0 radical (unpaired) electrons. The van der Waals surface area contributed by atoms with Crippen LogP contribution in [0.5, 0.6) is 0 Å². The average molecular weight is 389 g/mol. The highest BCUT2D eigenvalue weighted by atomic mass is 32.2. The Kier molecular flexibility index (Phi) is 6.23. The lowest BCUT2D eigenvalue weighted by molar-refractivity contribution is 0.198. The van der Waals surface area contributed by atoms with Crippen LogP contribution in [0.25, 0.3) is 11.4 Å². The van der Waals surface area contributed by atoms with Crippen molar-refractivity contribution in [2.75, 3.05) is 5.75 Å². The van der Waals surface area contributed by atoms with Crippen LogP contribution in [0.2, 0.25) is 0 Å². The van der Waals surface area contributed by atoms with Crippen molar-refractivity contribution in [3.8, 4) is 11.4 Å². The molecule has 7 heteroatoms. The van der Waals surface area contributed by atoms with Gasteiger partial charge in [-0.15, -0.1) is 10.2 Å². The summed E-state index contributed by atoms with van der Waals surface area (Å²) < 4.78 is 28.9. The number of benzene rings is 2. The van der Waals surface area contributed by atoms with Gasteiger partial charge >= 0.3 is 0 Å². The highest BCUT2D eigenvalue weighted by Crippen LogP contribution is 2.29. The largest absolute Gasteiger partial charge is 0.387 e. The van der Waals surface area contributed by atoms with Crippen LogP contribution < -0.4 is 0 Å². The minimum atomic E-state index is -1.07. The Morgan fingerprint density at radius 2 is 1.96 bits per heavy atom. The molecule has 0 aliphatic rings. The van der Waals surface area contributed by atoms with Gasteiger partial charge < -0.3 is 9.67 Å². The molecule has 1 heterocycles. The maximum absolute atomic E-state index is 13.8. The molecular formula is C20H21F2N3OS. The molecule has 142 valence electrons. The van der Waals surface area contributed by atoms with Gasteiger partial charge in [0.25, 0.3) is 0 Å². The van der Waals surface area contributed by atoms with Gasteiger partial charge in [0.15, 0.2) is 11.0 Å². The third kappa shape index (κ3) is 4.54. The molecule has 0 fully saturated rings. The number of rotatable bonds is 7. The summed E-state index contributed by atoms with van der Waals surface area (Å²) in [7, 11) is 0. The van der Waals surface area contributed by atoms with E-state index in [4.69, 9.17) is 0 Å². The second-order valence-corrected chi connectivity index (χ2v) is 7.31. The van der Waals surface area contributed by atoms with Crippen molar-refractivity contribution in [2.24, 2.45) is 0 Å². The van der Waals surface area contributed by atoms with E-state index in [1.807, 2.05) is 35.8 Å². The summed E-state index contributed by atoms with van der Waals surface area (Å²) in [6.45, 7) is 4.82. The first-order chi connectivity index (χ1) is 13.0. The molecule has 0 aliphatic heterocycles. The first kappa shape index (κ1) is 19.5. The summed E-state index contributed by atoms with van der Waals surface area (Å²) in [6, 6.07) is 11.2. The molecule has 0 amide bonds. The van der Waals surface area contributed by atoms with E-state index in [2.05, 4.69) is 17.1 Å². The third-order valence-electron chi connectivity index (χ3n) is 4.13. The molecule has 4 nitrogen and oxygen atoms in total. The summed E-state index contributed by atoms with van der Waals surface area (Å²) in [5.41, 5.74) is 2.19. The fraction of sp³-hybridized carbons (Fsp3) is 0.300. The second kappa shape index (κ2) is 8.63. The summed E-state index contributed by atoms with van der Waals surface area (Å²) in [5, 5.41) is 19.5. The average Bonchev–Trinajstić information content (AvgIpc) is 3.03. The van der Waals surface area contributed by atoms with Crippen LogP contribution in [0.4, 0.5) is 8.78 Å². The van der Waals surface area contributed by atoms with E-state index in [9.17, 15) is 13.9 Å². The van der Waals surface area contributed by atoms with Gasteiger partial charge in [0.1, 0.15) is 11.6 Å². The zero-order chi connectivity index (χ0) is 19.4. The van der Waals surface area contributed by atoms with Gasteiger partial charge in [-0.2, -0.15) is 0 Å². The minimum Gasteiger partial charge on any atom is -0.387 e. The van der Waals surface area contributed by atoms with E-state index < -0.39 is 17.7 Å². The van der Waals surface area contributed by atoms with Crippen molar-refractivity contribution in [2.45, 2.75) is 38.1 Å². The van der Waals surface area contributed by atoms with Crippen LogP contribution in [0.15, 0.2) is 47.6 Å². The Balaban J connectivity index is 1.80. The lowest BCUT2D eigenvalue weighted by Gasteiger charge is -2.13. The van der Waals surface area contributed by atoms with Crippen molar-refractivity contribution in [3.63, 3.8) is 0 Å². The summed E-state index contributed by atoms with van der Waals surface area (Å²) >= 11 is 1.30. The van der Waals surface area contributed by atoms with E-state index in [-0.39, 0.29) is 11.3 Å². The van der Waals surface area contributed by atoms with Crippen LogP contribution in [0, 0.1) is 18.6 Å². The van der Waals surface area contributed by atoms with Crippen LogP contribution in [-0.4, -0.2) is 25.6 Å². The van der Waals surface area contributed by atoms with E-state index in [1.165, 1.54) is 17.8 Å². The highest BCUT2D eigenvalue weighted by molar-refractivity contribution is 7.99. The summed E-state index contributed by atoms with van der Waals surface area (Å²) in [4.78, 5) is 0. The number of aliphatic hydroxyl groups is 1. The predicted molar refractivity (Wildman–Crippen MR) is 103 cm³/mol. The Morgan fingerprint density at radius 1 is 1.15 bits per heavy atom. The predicted octanol–water partition coefficient (Wildman–Crippen LogP) is 4.77. The molecule has 0 saturated carbocycles. The first-order valence-corrected chi connectivity index (χ1v) is 9.74. The van der Waals surface area contributed by atoms with E-state index in [1.54, 1.807) is 0 Å². The first-order valence-electron chi connectivity index (χ1n) is 8.75. The zero-order valence-corrected chi connectivity index (χ0v) is 16.0. The summed E-state index contributed by atoms with van der Waals surface area (Å²) in [6.07, 6.45) is -0.163. The maximum Gasteiger partial charge on any atom is 0.191 e. The van der Waals surface area contributed by atoms with Gasteiger partial charge in [0.05, 0.1) is 6.10 Å². The number of aryl methyl sites for hydroxylation is 1. The number of hydrogen-bond acceptors (Lipinski definition) is 4. The Labute approximate surface area is 161 Å². The van der Waals surface area contributed by atoms with Gasteiger partial charge in [0.2, 0.25) is 0 Å². The fourth-order valence-corrected chi connectivity index (χ4v) is 3.75. The number of hydrogen-bond donors (Lipinski definition) is 1. The van der Waals surface area contributed by atoms with Crippen molar-refractivity contribution < 1.29 is 13.9 Å². The fourth-order valence-electron chi connectivity index (χ4n) is 2.83. The molecule has 1 atom stereocenters. The van der Waals surface area contributed by atoms with E-state index in [0.29, 0.717) is 5.16 Å². The van der Waals surface area contributed by atoms with Gasteiger partial charge in [-0.05, 0) is 25.5 Å². The Hall–Kier alpha value is -2.25. The molecular weight excluding hydrogens is 368 g/mol. The molecule has 0 saturated heterocycles. The van der Waals surface area contributed by atoms with Crippen LogP contribution in [0.3, 0.4) is 0 Å². The SMILES string of the molecule is CCCn1c(SCC(O)c2ccc(F)cc2F)nnc1-c1cccc(C)c1. The van der Waals surface area contributed by atoms with Crippen molar-refractivity contribution >= 4 is 11.8 Å². The third-order valence-corrected chi connectivity index (χ3v) is 5.17. The smallest absolute Gasteiger partial charge is 0.191 e. The second-order valence-electron chi connectivity index (χ2n) is 6.32. The van der Waals surface area contributed by atoms with Crippen molar-refractivity contribution in [1.29, 1.82) is 0 Å². The normalized spacial score (nSPS) is 12.3. The van der Waals surface area contributed by atoms with Gasteiger partial charge in [-0.1, -0.05) is 48.5 Å². The standard InChI is InChI=1S/C20H21F2N3OS/c1-3-9-25-19(14-6-4-5-13(2)10-14)23-24-20(25)27-12-18(26)16-8-7-15(21)11-17(16)22/h4-8,10-11,18,26H,3,9,12H2,1-2H3. The zero-order valence-electron chi connectivity index (χ0n) is 15.2. The highest BCUT2D eigenvalue weighted by Gasteiger charge is 2.18. The molecule has 0 bridgehead atoms. The number of nitrogens with zero attached hydrogens (tertiary/aromatic N) is 3. The van der Waals surface area contributed by atoms with Crippen molar-refractivity contribution in [1.82, 2.24) is 14.8 Å². The van der Waals surface area contributed by atoms with E-state index in [0.717, 1.165) is 42.0 Å². The Morgan fingerprint density at radius 3 is 2.67 bits per heavy atom. The lowest BCUT2D eigenvalue weighted by Crippen LogP contribution is -2.06. The van der Waals surface area contributed by atoms with Crippen LogP contribution in [-0.2, 0) is 6.54 Å². The Bertz CT molecular complexity index is 929. The molecule has 1 aromatic heterocycles. The molecule has 27 heavy (non-hydrogen) atoms. The molecule has 1 unspecified atom stereocenters. The molecule has 0 aliphatic carbocycles. The molecule has 1 N–H and O–H groups in total. The number of thioether (sulfide) groups is 1. The molecule has 2 aromatic carbocycles. The molecule has 0 spiro atoms. The van der Waals surface area contributed by atoms with Crippen LogP contribution in [0.1, 0.15) is 30.6 Å². The van der Waals surface area contributed by atoms with Crippen molar-refractivity contribution in [3.05, 3.63) is 65.2 Å². The number of aliphatic hydroxyl groups excluding tert-OH is 1. The quantitative estimate of drug-likeness (QED) is 0.592.